The molecule has 1 N–H and O–H groups in total. The molecule has 1 amide bonds. The normalized spacial score (nSPS) is 10.8. The first-order valence-corrected chi connectivity index (χ1v) is 11.1. The number of pyridine rings is 1. The minimum absolute atomic E-state index is 0.234. The van der Waals surface area contributed by atoms with Crippen LogP contribution < -0.4 is 14.8 Å². The molecule has 35 heavy (non-hydrogen) atoms. The average Bonchev–Trinajstić information content (AvgIpc) is 3.27. The van der Waals surface area contributed by atoms with E-state index in [4.69, 9.17) is 9.47 Å². The van der Waals surface area contributed by atoms with Crippen molar-refractivity contribution in [2.24, 2.45) is 0 Å². The molecule has 0 saturated carbocycles. The second-order valence-corrected chi connectivity index (χ2v) is 8.08. The van der Waals surface area contributed by atoms with Crippen LogP contribution in [0.1, 0.15) is 27.2 Å². The summed E-state index contributed by atoms with van der Waals surface area (Å²) in [5, 5.41) is 2.94. The van der Waals surface area contributed by atoms with Crippen molar-refractivity contribution < 1.29 is 14.3 Å². The first-order chi connectivity index (χ1) is 17.0. The Morgan fingerprint density at radius 2 is 1.80 bits per heavy atom. The van der Waals surface area contributed by atoms with Crippen LogP contribution in [0, 0.1) is 13.8 Å². The van der Waals surface area contributed by atoms with Crippen LogP contribution in [0.5, 0.6) is 17.5 Å². The van der Waals surface area contributed by atoms with E-state index in [1.807, 2.05) is 54.9 Å². The highest BCUT2D eigenvalue weighted by molar-refractivity contribution is 6.04. The quantitative estimate of drug-likeness (QED) is 0.348. The van der Waals surface area contributed by atoms with E-state index in [9.17, 15) is 4.79 Å². The highest BCUT2D eigenvalue weighted by Crippen LogP contribution is 2.25. The third-order valence-electron chi connectivity index (χ3n) is 5.33. The van der Waals surface area contributed by atoms with Crippen molar-refractivity contribution in [3.8, 4) is 17.5 Å². The third kappa shape index (κ3) is 5.27. The topological polar surface area (TPSA) is 90.6 Å². The van der Waals surface area contributed by atoms with Crippen LogP contribution in [0.2, 0.25) is 0 Å². The average molecular weight is 466 g/mol. The Balaban J connectivity index is 1.23. The Labute approximate surface area is 202 Å². The first-order valence-electron chi connectivity index (χ1n) is 11.1. The summed E-state index contributed by atoms with van der Waals surface area (Å²) in [5.74, 6) is 0.945. The monoisotopic (exact) mass is 465 g/mol. The number of amides is 1. The van der Waals surface area contributed by atoms with Crippen LogP contribution >= 0.6 is 0 Å². The molecule has 5 aromatic rings. The Hall–Kier alpha value is -4.72. The maximum atomic E-state index is 12.9. The third-order valence-corrected chi connectivity index (χ3v) is 5.33. The maximum Gasteiger partial charge on any atom is 0.321 e. The van der Waals surface area contributed by atoms with Crippen molar-refractivity contribution in [3.05, 3.63) is 108 Å². The number of nitrogens with one attached hydrogen (secondary N) is 1. The molecular formula is C27H23N5O3. The molecule has 0 aliphatic heterocycles. The second kappa shape index (κ2) is 9.64. The zero-order valence-electron chi connectivity index (χ0n) is 19.3. The van der Waals surface area contributed by atoms with Gasteiger partial charge in [-0.05, 0) is 73.5 Å². The Bertz CT molecular complexity index is 1500. The van der Waals surface area contributed by atoms with Crippen molar-refractivity contribution in [2.75, 3.05) is 5.32 Å². The highest BCUT2D eigenvalue weighted by atomic mass is 16.5. The molecule has 0 bridgehead atoms. The molecule has 0 aliphatic carbocycles. The fraction of sp³-hybridized carbons (Fsp3) is 0.111. The van der Waals surface area contributed by atoms with Gasteiger partial charge in [-0.2, -0.15) is 0 Å². The summed E-state index contributed by atoms with van der Waals surface area (Å²) in [6.45, 7) is 4.23. The van der Waals surface area contributed by atoms with E-state index in [1.165, 1.54) is 0 Å². The summed E-state index contributed by atoms with van der Waals surface area (Å²) in [5.41, 5.74) is 4.85. The summed E-state index contributed by atoms with van der Waals surface area (Å²) in [6, 6.07) is 18.4. The SMILES string of the molecule is Cc1ccc2nc(COc3cccc(C(=O)Nc4ccc(Oc5ncccn5)cc4C)c3)cn2c1. The van der Waals surface area contributed by atoms with Gasteiger partial charge in [-0.3, -0.25) is 4.79 Å². The summed E-state index contributed by atoms with van der Waals surface area (Å²) >= 11 is 0. The van der Waals surface area contributed by atoms with Crippen molar-refractivity contribution >= 4 is 17.2 Å². The van der Waals surface area contributed by atoms with Gasteiger partial charge in [0.15, 0.2) is 0 Å². The van der Waals surface area contributed by atoms with Crippen molar-refractivity contribution in [1.29, 1.82) is 0 Å². The van der Waals surface area contributed by atoms with E-state index in [1.54, 1.807) is 48.8 Å². The number of anilines is 1. The molecule has 0 spiro atoms. The minimum Gasteiger partial charge on any atom is -0.487 e. The molecule has 174 valence electrons. The van der Waals surface area contributed by atoms with Crippen LogP contribution in [-0.4, -0.2) is 25.3 Å². The smallest absolute Gasteiger partial charge is 0.321 e. The van der Waals surface area contributed by atoms with Crippen molar-refractivity contribution in [2.45, 2.75) is 20.5 Å². The first kappa shape index (κ1) is 22.1. The fourth-order valence-corrected chi connectivity index (χ4v) is 3.59. The largest absolute Gasteiger partial charge is 0.487 e. The molecule has 2 aromatic carbocycles. The summed E-state index contributed by atoms with van der Waals surface area (Å²) in [6.07, 6.45) is 7.19. The number of benzene rings is 2. The molecule has 0 unspecified atom stereocenters. The zero-order valence-corrected chi connectivity index (χ0v) is 19.3. The summed E-state index contributed by atoms with van der Waals surface area (Å²) < 4.78 is 13.5. The lowest BCUT2D eigenvalue weighted by Gasteiger charge is -2.11. The number of nitrogens with zero attached hydrogens (tertiary/aromatic N) is 4. The van der Waals surface area contributed by atoms with Gasteiger partial charge in [-0.1, -0.05) is 12.1 Å². The molecule has 0 atom stereocenters. The van der Waals surface area contributed by atoms with E-state index >= 15 is 0 Å². The zero-order chi connectivity index (χ0) is 24.2. The van der Waals surface area contributed by atoms with Crippen molar-refractivity contribution in [1.82, 2.24) is 19.4 Å². The van der Waals surface area contributed by atoms with Crippen LogP contribution in [0.15, 0.2) is 85.5 Å². The van der Waals surface area contributed by atoms with E-state index in [2.05, 4.69) is 20.3 Å². The van der Waals surface area contributed by atoms with E-state index in [0.717, 1.165) is 22.5 Å². The molecule has 8 heteroatoms. The predicted octanol–water partition coefficient (Wildman–Crippen LogP) is 5.36. The fourth-order valence-electron chi connectivity index (χ4n) is 3.59. The summed E-state index contributed by atoms with van der Waals surface area (Å²) in [4.78, 5) is 25.6. The lowest BCUT2D eigenvalue weighted by Crippen LogP contribution is -2.13. The number of imidazole rings is 1. The molecular weight excluding hydrogens is 442 g/mol. The van der Waals surface area contributed by atoms with Gasteiger partial charge in [0.1, 0.15) is 23.8 Å². The standard InChI is InChI=1S/C27H23N5O3/c1-18-7-10-25-30-21(16-32(25)15-18)17-34-22-6-3-5-20(14-22)26(33)31-24-9-8-23(13-19(24)2)35-27-28-11-4-12-29-27/h3-16H,17H2,1-2H3,(H,31,33). The lowest BCUT2D eigenvalue weighted by molar-refractivity contribution is 0.102. The van der Waals surface area contributed by atoms with Crippen LogP contribution in [0.4, 0.5) is 5.69 Å². The predicted molar refractivity (Wildman–Crippen MR) is 132 cm³/mol. The Kier molecular flexibility index (Phi) is 6.09. The van der Waals surface area contributed by atoms with Gasteiger partial charge in [0.2, 0.25) is 0 Å². The number of rotatable bonds is 7. The molecule has 3 heterocycles. The van der Waals surface area contributed by atoms with E-state index in [0.29, 0.717) is 29.4 Å². The van der Waals surface area contributed by atoms with Gasteiger partial charge in [-0.25, -0.2) is 15.0 Å². The Morgan fingerprint density at radius 1 is 0.943 bits per heavy atom. The maximum absolute atomic E-state index is 12.9. The second-order valence-electron chi connectivity index (χ2n) is 8.08. The number of ether oxygens (including phenoxy) is 2. The van der Waals surface area contributed by atoms with Crippen LogP contribution in [-0.2, 0) is 6.61 Å². The number of aromatic nitrogens is 4. The van der Waals surface area contributed by atoms with Gasteiger partial charge in [0, 0.05) is 36.0 Å². The molecule has 0 aliphatic rings. The highest BCUT2D eigenvalue weighted by Gasteiger charge is 2.11. The number of hydrogen-bond donors (Lipinski definition) is 1. The molecule has 0 fully saturated rings. The number of aryl methyl sites for hydroxylation is 2. The van der Waals surface area contributed by atoms with E-state index in [-0.39, 0.29) is 11.9 Å². The van der Waals surface area contributed by atoms with Gasteiger partial charge < -0.3 is 19.2 Å². The lowest BCUT2D eigenvalue weighted by atomic mass is 10.1. The number of fused-ring (bicyclic) bond motifs is 1. The molecule has 8 nitrogen and oxygen atoms in total. The molecule has 0 radical (unpaired) electrons. The van der Waals surface area contributed by atoms with Crippen molar-refractivity contribution in [3.63, 3.8) is 0 Å². The molecule has 5 rings (SSSR count). The van der Waals surface area contributed by atoms with Gasteiger partial charge >= 0.3 is 6.01 Å². The molecule has 0 saturated heterocycles. The number of carbonyl (C=O) groups is 1. The minimum atomic E-state index is -0.234. The Morgan fingerprint density at radius 3 is 2.63 bits per heavy atom. The molecule has 3 aromatic heterocycles. The van der Waals surface area contributed by atoms with Crippen LogP contribution in [0.25, 0.3) is 5.65 Å². The van der Waals surface area contributed by atoms with Crippen LogP contribution in [0.3, 0.4) is 0 Å². The van der Waals surface area contributed by atoms with Gasteiger partial charge in [0.05, 0.1) is 5.69 Å². The number of carbonyl (C=O) groups excluding carboxylic acids is 1. The number of hydrogen-bond acceptors (Lipinski definition) is 6. The summed E-state index contributed by atoms with van der Waals surface area (Å²) in [7, 11) is 0. The van der Waals surface area contributed by atoms with Gasteiger partial charge in [0.25, 0.3) is 5.91 Å². The van der Waals surface area contributed by atoms with Gasteiger partial charge in [-0.15, -0.1) is 0 Å². The van der Waals surface area contributed by atoms with E-state index < -0.39 is 0 Å².